The van der Waals surface area contributed by atoms with Crippen molar-refractivity contribution in [2.45, 2.75) is 121 Å². The number of piperazine rings is 1. The lowest BCUT2D eigenvalue weighted by molar-refractivity contribution is -0.162. The van der Waals surface area contributed by atoms with Crippen molar-refractivity contribution in [3.8, 4) is 0 Å². The Hall–Kier alpha value is -3.19. The summed E-state index contributed by atoms with van der Waals surface area (Å²) in [7, 11) is 0. The molecule has 10 nitrogen and oxygen atoms in total. The Morgan fingerprint density at radius 1 is 0.939 bits per heavy atom. The van der Waals surface area contributed by atoms with Gasteiger partial charge in [0, 0.05) is 51.1 Å². The molecule has 4 fully saturated rings. The highest BCUT2D eigenvalue weighted by atomic mass is 19.3. The molecule has 1 aromatic rings. The third-order valence-corrected chi connectivity index (χ3v) is 10.3. The molecular weight excluding hydrogens is 639 g/mol. The fraction of sp³-hybridized carbons (Fsp3) is 0.722. The van der Waals surface area contributed by atoms with Gasteiger partial charge in [0.15, 0.2) is 0 Å². The quantitative estimate of drug-likeness (QED) is 0.263. The number of nitrogens with one attached hydrogen (secondary N) is 4. The van der Waals surface area contributed by atoms with E-state index in [9.17, 15) is 32.3 Å². The third kappa shape index (κ3) is 10.9. The maximum absolute atomic E-state index is 14.0. The van der Waals surface area contributed by atoms with Gasteiger partial charge in [-0.3, -0.25) is 14.4 Å². The number of likely N-dealkylation sites (tertiary alicyclic amines) is 1. The summed E-state index contributed by atoms with van der Waals surface area (Å²) >= 11 is 0. The van der Waals surface area contributed by atoms with E-state index in [1.165, 1.54) is 31.4 Å². The Bertz CT molecular complexity index is 1290. The number of carbonyl (C=O) groups is 4. The molecule has 3 amide bonds. The Balaban J connectivity index is 0.000000698. The molecule has 274 valence electrons. The van der Waals surface area contributed by atoms with Crippen LogP contribution in [0.1, 0.15) is 91.0 Å². The molecule has 0 radical (unpaired) electrons. The summed E-state index contributed by atoms with van der Waals surface area (Å²) in [5, 5.41) is 20.7. The molecule has 0 unspecified atom stereocenters. The van der Waals surface area contributed by atoms with Crippen molar-refractivity contribution in [2.24, 2.45) is 17.3 Å². The average molecular weight is 694 g/mol. The Morgan fingerprint density at radius 3 is 2.02 bits per heavy atom. The molecule has 5 rings (SSSR count). The van der Waals surface area contributed by atoms with Crippen molar-refractivity contribution in [3.05, 3.63) is 35.6 Å². The topological polar surface area (TPSA) is 140 Å². The number of amides is 3. The lowest BCUT2D eigenvalue weighted by atomic mass is 9.63. The minimum Gasteiger partial charge on any atom is -0.477 e. The van der Waals surface area contributed by atoms with Crippen LogP contribution in [0.4, 0.5) is 13.2 Å². The number of carbonyl (C=O) groups excluding carboxylic acids is 3. The minimum atomic E-state index is -3.58. The lowest BCUT2D eigenvalue weighted by Crippen LogP contribution is -2.63. The minimum absolute atomic E-state index is 0.116. The van der Waals surface area contributed by atoms with Crippen LogP contribution < -0.4 is 21.3 Å². The van der Waals surface area contributed by atoms with Crippen molar-refractivity contribution < 1.29 is 37.5 Å². The van der Waals surface area contributed by atoms with Crippen LogP contribution in [0.2, 0.25) is 0 Å². The Labute approximate surface area is 287 Å². The van der Waals surface area contributed by atoms with Crippen molar-refractivity contribution >= 4 is 23.7 Å². The van der Waals surface area contributed by atoms with Crippen molar-refractivity contribution in [1.29, 1.82) is 0 Å². The van der Waals surface area contributed by atoms with E-state index in [1.807, 2.05) is 25.7 Å². The number of hydrogen-bond donors (Lipinski definition) is 5. The van der Waals surface area contributed by atoms with Gasteiger partial charge in [-0.15, -0.1) is 0 Å². The second kappa shape index (κ2) is 16.2. The van der Waals surface area contributed by atoms with Gasteiger partial charge in [-0.25, -0.2) is 9.18 Å². The lowest BCUT2D eigenvalue weighted by Gasteiger charge is -2.48. The standard InChI is InChI=1S/C33H50FN5O3.C3H4F2O2/c1-32(2,3)38-31(42)33(24-7-5-4-6-8-24)15-17-39(18-16-33)30(41)26(19-22-9-13-25(34)14-10-22)37-29(40)28-21-35-27(20-36-28)23-11-12-23;1-3(4,5)2(6)7/h9-10,13-14,23-24,26-28,35-36H,4-8,11-12,15-21H2,1-3H3,(H,37,40)(H,38,42);1H3,(H,6,7)/t26-,27+,28+;/m1./s1. The summed E-state index contributed by atoms with van der Waals surface area (Å²) in [6.07, 6.45) is 9.63. The summed E-state index contributed by atoms with van der Waals surface area (Å²) < 4.78 is 36.1. The number of piperidine rings is 1. The molecule has 0 spiro atoms. The van der Waals surface area contributed by atoms with E-state index < -0.39 is 29.4 Å². The first-order valence-electron chi connectivity index (χ1n) is 17.7. The van der Waals surface area contributed by atoms with E-state index in [-0.39, 0.29) is 35.5 Å². The Morgan fingerprint density at radius 2 is 1.53 bits per heavy atom. The van der Waals surface area contributed by atoms with Crippen molar-refractivity contribution in [3.63, 3.8) is 0 Å². The molecule has 4 aliphatic rings. The fourth-order valence-corrected chi connectivity index (χ4v) is 7.32. The zero-order valence-electron chi connectivity index (χ0n) is 29.3. The first-order valence-corrected chi connectivity index (χ1v) is 17.7. The average Bonchev–Trinajstić information content (AvgIpc) is 3.91. The number of benzene rings is 1. The number of halogens is 3. The van der Waals surface area contributed by atoms with Crippen LogP contribution in [0.3, 0.4) is 0 Å². The summed E-state index contributed by atoms with van der Waals surface area (Å²) in [4.78, 5) is 52.3. The van der Waals surface area contributed by atoms with E-state index in [2.05, 4.69) is 21.3 Å². The van der Waals surface area contributed by atoms with E-state index >= 15 is 0 Å². The Kier molecular flexibility index (Phi) is 12.8. The van der Waals surface area contributed by atoms with Crippen molar-refractivity contribution in [1.82, 2.24) is 26.2 Å². The molecule has 2 saturated heterocycles. The molecule has 3 atom stereocenters. The second-order valence-electron chi connectivity index (χ2n) is 15.4. The molecule has 49 heavy (non-hydrogen) atoms. The molecule has 0 aromatic heterocycles. The van der Waals surface area contributed by atoms with Crippen LogP contribution in [0, 0.1) is 23.1 Å². The number of alkyl halides is 2. The van der Waals surface area contributed by atoms with Crippen LogP contribution in [0.5, 0.6) is 0 Å². The SMILES string of the molecule is CC(C)(C)NC(=O)C1(C2CCCCC2)CCN(C(=O)[C@@H](Cc2ccc(F)cc2)NC(=O)[C@@H]2CN[C@H](C3CC3)CN2)CC1.CC(F)(F)C(=O)O. The van der Waals surface area contributed by atoms with Crippen LogP contribution in [-0.4, -0.2) is 89.5 Å². The molecule has 5 N–H and O–H groups in total. The molecule has 0 bridgehead atoms. The largest absolute Gasteiger partial charge is 0.477 e. The monoisotopic (exact) mass is 693 g/mol. The molecule has 2 heterocycles. The fourth-order valence-electron chi connectivity index (χ4n) is 7.32. The number of nitrogens with zero attached hydrogens (tertiary/aromatic N) is 1. The summed E-state index contributed by atoms with van der Waals surface area (Å²) in [6.45, 7) is 8.61. The van der Waals surface area contributed by atoms with Gasteiger partial charge in [0.1, 0.15) is 11.9 Å². The maximum Gasteiger partial charge on any atom is 0.374 e. The second-order valence-corrected chi connectivity index (χ2v) is 15.4. The predicted molar refractivity (Wildman–Crippen MR) is 179 cm³/mol. The first kappa shape index (κ1) is 38.6. The van der Waals surface area contributed by atoms with E-state index in [1.54, 1.807) is 12.1 Å². The molecule has 2 aliphatic carbocycles. The molecule has 2 saturated carbocycles. The molecule has 1 aromatic carbocycles. The van der Waals surface area contributed by atoms with Gasteiger partial charge < -0.3 is 31.3 Å². The van der Waals surface area contributed by atoms with E-state index in [0.717, 1.165) is 37.8 Å². The highest BCUT2D eigenvalue weighted by Gasteiger charge is 2.49. The van der Waals surface area contributed by atoms with Gasteiger partial charge in [-0.1, -0.05) is 31.4 Å². The van der Waals surface area contributed by atoms with Crippen LogP contribution in [0.25, 0.3) is 0 Å². The summed E-state index contributed by atoms with van der Waals surface area (Å²) in [6, 6.07) is 5.33. The number of carboxylic acids is 1. The zero-order valence-corrected chi connectivity index (χ0v) is 29.3. The molecule has 13 heteroatoms. The summed E-state index contributed by atoms with van der Waals surface area (Å²) in [5.41, 5.74) is -0.0101. The van der Waals surface area contributed by atoms with Crippen LogP contribution in [-0.2, 0) is 25.6 Å². The van der Waals surface area contributed by atoms with Gasteiger partial charge in [0.25, 0.3) is 0 Å². The van der Waals surface area contributed by atoms with Crippen LogP contribution >= 0.6 is 0 Å². The number of hydrogen-bond acceptors (Lipinski definition) is 6. The van der Waals surface area contributed by atoms with Gasteiger partial charge >= 0.3 is 11.9 Å². The van der Waals surface area contributed by atoms with Gasteiger partial charge in [-0.05, 0) is 88.8 Å². The smallest absolute Gasteiger partial charge is 0.374 e. The maximum atomic E-state index is 14.0. The number of rotatable bonds is 9. The van der Waals surface area contributed by atoms with Gasteiger partial charge in [0.2, 0.25) is 17.7 Å². The van der Waals surface area contributed by atoms with Gasteiger partial charge in [0.05, 0.1) is 11.5 Å². The first-order chi connectivity index (χ1) is 23.0. The number of carboxylic acid groups (broad SMARTS) is 1. The highest BCUT2D eigenvalue weighted by Crippen LogP contribution is 2.46. The van der Waals surface area contributed by atoms with E-state index in [0.29, 0.717) is 57.3 Å². The summed E-state index contributed by atoms with van der Waals surface area (Å²) in [5.74, 6) is -5.21. The van der Waals surface area contributed by atoms with Gasteiger partial charge in [-0.2, -0.15) is 8.78 Å². The normalized spacial score (nSPS) is 23.8. The molecular formula is C36H54F3N5O5. The zero-order chi connectivity index (χ0) is 36.0. The number of aliphatic carboxylic acids is 1. The third-order valence-electron chi connectivity index (χ3n) is 10.3. The van der Waals surface area contributed by atoms with E-state index in [4.69, 9.17) is 5.11 Å². The predicted octanol–water partition coefficient (Wildman–Crippen LogP) is 4.02. The molecule has 2 aliphatic heterocycles. The highest BCUT2D eigenvalue weighted by molar-refractivity contribution is 5.90. The van der Waals surface area contributed by atoms with Crippen LogP contribution in [0.15, 0.2) is 24.3 Å². The van der Waals surface area contributed by atoms with Crippen molar-refractivity contribution in [2.75, 3.05) is 26.2 Å².